The van der Waals surface area contributed by atoms with E-state index >= 15 is 0 Å². The van der Waals surface area contributed by atoms with Crippen LogP contribution >= 0.6 is 0 Å². The van der Waals surface area contributed by atoms with Gasteiger partial charge in [0.1, 0.15) is 6.10 Å². The van der Waals surface area contributed by atoms with Crippen LogP contribution in [0, 0.1) is 35.0 Å². The largest absolute Gasteiger partial charge is 0.460 e. The summed E-state index contributed by atoms with van der Waals surface area (Å²) in [7, 11) is 1.73. The van der Waals surface area contributed by atoms with Crippen LogP contribution in [0.3, 0.4) is 0 Å². The molecule has 4 aliphatic carbocycles. The second-order valence-corrected chi connectivity index (χ2v) is 9.97. The van der Waals surface area contributed by atoms with Crippen LogP contribution in [0.2, 0.25) is 0 Å². The molecule has 29 heavy (non-hydrogen) atoms. The van der Waals surface area contributed by atoms with E-state index in [1.54, 1.807) is 7.11 Å². The van der Waals surface area contributed by atoms with Crippen LogP contribution in [0.1, 0.15) is 65.7 Å². The van der Waals surface area contributed by atoms with E-state index in [1.807, 2.05) is 0 Å². The zero-order chi connectivity index (χ0) is 20.9. The topological polar surface area (TPSA) is 78.9 Å². The Labute approximate surface area is 173 Å². The van der Waals surface area contributed by atoms with E-state index in [0.29, 0.717) is 36.0 Å². The summed E-state index contributed by atoms with van der Waals surface area (Å²) in [6.45, 7) is 5.02. The van der Waals surface area contributed by atoms with Crippen LogP contribution in [-0.2, 0) is 28.6 Å². The first-order valence-corrected chi connectivity index (χ1v) is 11.2. The molecule has 4 saturated carbocycles. The maximum absolute atomic E-state index is 12.7. The van der Waals surface area contributed by atoms with Crippen LogP contribution in [0.25, 0.3) is 0 Å². The lowest BCUT2D eigenvalue weighted by Crippen LogP contribution is -2.55. The number of hydrogen-bond donors (Lipinski definition) is 0. The maximum Gasteiger partial charge on any atom is 0.303 e. The zero-order valence-electron chi connectivity index (χ0n) is 18.0. The molecule has 0 aliphatic heterocycles. The third kappa shape index (κ3) is 3.41. The van der Waals surface area contributed by atoms with E-state index in [1.165, 1.54) is 13.8 Å². The molecule has 0 aromatic carbocycles. The fourth-order valence-corrected chi connectivity index (χ4v) is 7.59. The Morgan fingerprint density at radius 1 is 0.897 bits per heavy atom. The van der Waals surface area contributed by atoms with Crippen molar-refractivity contribution in [2.75, 3.05) is 7.11 Å². The van der Waals surface area contributed by atoms with Crippen molar-refractivity contribution < 1.29 is 28.6 Å². The Morgan fingerprint density at radius 3 is 2.17 bits per heavy atom. The highest BCUT2D eigenvalue weighted by Gasteiger charge is 2.62. The van der Waals surface area contributed by atoms with Crippen molar-refractivity contribution in [3.8, 4) is 0 Å². The van der Waals surface area contributed by atoms with Gasteiger partial charge in [-0.1, -0.05) is 6.92 Å². The molecular formula is C23H34O6. The van der Waals surface area contributed by atoms with Gasteiger partial charge in [-0.2, -0.15) is 0 Å². The number of fused-ring (bicyclic) bond motifs is 5. The average molecular weight is 407 g/mol. The van der Waals surface area contributed by atoms with Gasteiger partial charge in [0.15, 0.2) is 11.9 Å². The van der Waals surface area contributed by atoms with Gasteiger partial charge in [0.2, 0.25) is 0 Å². The molecule has 0 amide bonds. The molecule has 4 rings (SSSR count). The molecule has 0 unspecified atom stereocenters. The molecule has 162 valence electrons. The molecule has 9 atom stereocenters. The lowest BCUT2D eigenvalue weighted by atomic mass is 9.50. The van der Waals surface area contributed by atoms with Crippen molar-refractivity contribution in [1.29, 1.82) is 0 Å². The maximum atomic E-state index is 12.7. The second-order valence-electron chi connectivity index (χ2n) is 9.97. The summed E-state index contributed by atoms with van der Waals surface area (Å²) in [5.74, 6) is 1.84. The fourth-order valence-electron chi connectivity index (χ4n) is 7.59. The lowest BCUT2D eigenvalue weighted by Gasteiger charge is -2.56. The van der Waals surface area contributed by atoms with Crippen molar-refractivity contribution >= 4 is 17.7 Å². The quantitative estimate of drug-likeness (QED) is 0.669. The predicted octanol–water partition coefficient (Wildman–Crippen LogP) is 3.31. The first-order valence-electron chi connectivity index (χ1n) is 11.2. The average Bonchev–Trinajstić information content (AvgIpc) is 2.91. The number of methoxy groups -OCH3 is 1. The Morgan fingerprint density at radius 2 is 1.52 bits per heavy atom. The van der Waals surface area contributed by atoms with Crippen molar-refractivity contribution in [2.24, 2.45) is 35.0 Å². The molecule has 0 radical (unpaired) electrons. The van der Waals surface area contributed by atoms with Crippen LogP contribution in [0.15, 0.2) is 0 Å². The Bertz CT molecular complexity index is 689. The van der Waals surface area contributed by atoms with Crippen molar-refractivity contribution in [3.05, 3.63) is 0 Å². The summed E-state index contributed by atoms with van der Waals surface area (Å²) in [6.07, 6.45) is 5.78. The minimum absolute atomic E-state index is 0.0362. The van der Waals surface area contributed by atoms with Gasteiger partial charge in [-0.05, 0) is 68.1 Å². The van der Waals surface area contributed by atoms with Crippen LogP contribution in [-0.4, -0.2) is 43.1 Å². The SMILES string of the molecule is CO[C@H]1[C@H]2CC[C@H]3[C@@H](CC[C@@]4(C)[C@H](OC(C)=O)C(=O)C[C@H]34)[C@@H]2CC[C@@H]1OC(C)=O. The van der Waals surface area contributed by atoms with E-state index in [4.69, 9.17) is 14.2 Å². The van der Waals surface area contributed by atoms with E-state index in [9.17, 15) is 14.4 Å². The molecule has 6 heteroatoms. The molecule has 6 nitrogen and oxygen atoms in total. The molecular weight excluding hydrogens is 372 g/mol. The first kappa shape index (κ1) is 20.8. The summed E-state index contributed by atoms with van der Waals surface area (Å²) in [5.41, 5.74) is -0.230. The molecule has 4 aliphatic rings. The van der Waals surface area contributed by atoms with Gasteiger partial charge in [0.05, 0.1) is 6.10 Å². The van der Waals surface area contributed by atoms with Gasteiger partial charge >= 0.3 is 11.9 Å². The van der Waals surface area contributed by atoms with Gasteiger partial charge in [-0.15, -0.1) is 0 Å². The monoisotopic (exact) mass is 406 g/mol. The molecule has 4 fully saturated rings. The predicted molar refractivity (Wildman–Crippen MR) is 105 cm³/mol. The fraction of sp³-hybridized carbons (Fsp3) is 0.870. The summed E-state index contributed by atoms with van der Waals surface area (Å²) < 4.78 is 16.9. The Kier molecular flexibility index (Phi) is 5.51. The standard InChI is InChI=1S/C23H34O6/c1-12(24)28-20-8-7-14-15-9-10-23(3)18(11-19(26)22(23)29-13(2)25)16(15)5-6-17(14)21(20)27-4/h14-18,20-22H,5-11H2,1-4H3/t14-,15-,16-,17-,18+,20-,21-,22+,23+/m0/s1. The van der Waals surface area contributed by atoms with Gasteiger partial charge in [-0.3, -0.25) is 14.4 Å². The van der Waals surface area contributed by atoms with Crippen molar-refractivity contribution in [1.82, 2.24) is 0 Å². The number of ether oxygens (including phenoxy) is 3. The summed E-state index contributed by atoms with van der Waals surface area (Å²) in [4.78, 5) is 35.8. The first-order chi connectivity index (χ1) is 13.8. The minimum Gasteiger partial charge on any atom is -0.460 e. The molecule has 0 aromatic rings. The third-order valence-corrected chi connectivity index (χ3v) is 8.62. The van der Waals surface area contributed by atoms with Crippen LogP contribution < -0.4 is 0 Å². The number of hydrogen-bond acceptors (Lipinski definition) is 6. The van der Waals surface area contributed by atoms with E-state index in [2.05, 4.69) is 6.92 Å². The van der Waals surface area contributed by atoms with Gasteiger partial charge in [-0.25, -0.2) is 0 Å². The van der Waals surface area contributed by atoms with E-state index in [0.717, 1.165) is 38.5 Å². The van der Waals surface area contributed by atoms with Gasteiger partial charge < -0.3 is 14.2 Å². The van der Waals surface area contributed by atoms with Crippen molar-refractivity contribution in [2.45, 2.75) is 84.0 Å². The molecule has 0 heterocycles. The highest BCUT2D eigenvalue weighted by Crippen LogP contribution is 2.62. The number of Topliss-reactive ketones (excluding diaryl/α,β-unsaturated/α-hetero) is 1. The van der Waals surface area contributed by atoms with Gasteiger partial charge in [0.25, 0.3) is 0 Å². The number of carbonyl (C=O) groups is 3. The van der Waals surface area contributed by atoms with Crippen LogP contribution in [0.5, 0.6) is 0 Å². The highest BCUT2D eigenvalue weighted by molar-refractivity contribution is 5.89. The number of carbonyl (C=O) groups excluding carboxylic acids is 3. The third-order valence-electron chi connectivity index (χ3n) is 8.62. The Hall–Kier alpha value is -1.43. The summed E-state index contributed by atoms with van der Waals surface area (Å²) in [6, 6.07) is 0. The highest BCUT2D eigenvalue weighted by atomic mass is 16.6. The van der Waals surface area contributed by atoms with Crippen LogP contribution in [0.4, 0.5) is 0 Å². The van der Waals surface area contributed by atoms with E-state index < -0.39 is 6.10 Å². The van der Waals surface area contributed by atoms with Gasteiger partial charge in [0, 0.05) is 32.8 Å². The number of esters is 2. The Balaban J connectivity index is 1.54. The summed E-state index contributed by atoms with van der Waals surface area (Å²) in [5, 5.41) is 0. The molecule has 0 bridgehead atoms. The number of ketones is 1. The minimum atomic E-state index is -0.574. The molecule has 0 N–H and O–H groups in total. The lowest BCUT2D eigenvalue weighted by molar-refractivity contribution is -0.178. The zero-order valence-corrected chi connectivity index (χ0v) is 18.0. The number of rotatable bonds is 3. The molecule has 0 saturated heterocycles. The van der Waals surface area contributed by atoms with Crippen molar-refractivity contribution in [3.63, 3.8) is 0 Å². The smallest absolute Gasteiger partial charge is 0.303 e. The van der Waals surface area contributed by atoms with E-state index in [-0.39, 0.29) is 35.3 Å². The normalized spacial score (nSPS) is 46.3. The second kappa shape index (κ2) is 7.68. The molecule has 0 aromatic heterocycles. The molecule has 0 spiro atoms. The summed E-state index contributed by atoms with van der Waals surface area (Å²) >= 11 is 0.